The first-order chi connectivity index (χ1) is 17.5. The average molecular weight is 539 g/mol. The average Bonchev–Trinajstić information content (AvgIpc) is 3.67. The number of rotatable bonds is 9. The Morgan fingerprint density at radius 3 is 2.41 bits per heavy atom. The van der Waals surface area contributed by atoms with E-state index in [9.17, 15) is 22.0 Å². The first-order valence-electron chi connectivity index (χ1n) is 11.0. The van der Waals surface area contributed by atoms with Gasteiger partial charge in [-0.1, -0.05) is 6.07 Å². The molecule has 0 spiro atoms. The molecule has 3 N–H and O–H groups in total. The number of benzene rings is 2. The summed E-state index contributed by atoms with van der Waals surface area (Å²) in [5.41, 5.74) is 0.860. The topological polar surface area (TPSA) is 109 Å². The molecule has 1 fully saturated rings. The highest BCUT2D eigenvalue weighted by Gasteiger charge is 2.27. The van der Waals surface area contributed by atoms with Crippen LogP contribution < -0.4 is 15.5 Å². The van der Waals surface area contributed by atoms with Crippen LogP contribution in [0.2, 0.25) is 0 Å². The molecule has 1 amide bonds. The van der Waals surface area contributed by atoms with Crippen LogP contribution in [0.5, 0.6) is 0 Å². The second-order valence-electron chi connectivity index (χ2n) is 8.54. The van der Waals surface area contributed by atoms with Gasteiger partial charge in [-0.15, -0.1) is 0 Å². The summed E-state index contributed by atoms with van der Waals surface area (Å²) >= 11 is 0. The van der Waals surface area contributed by atoms with Crippen LogP contribution in [-0.4, -0.2) is 32.7 Å². The van der Waals surface area contributed by atoms with Crippen LogP contribution in [0.3, 0.4) is 0 Å². The summed E-state index contributed by atoms with van der Waals surface area (Å²) in [7, 11) is -2.73. The Balaban J connectivity index is 1.74. The lowest BCUT2D eigenvalue weighted by Gasteiger charge is -2.17. The normalized spacial score (nSPS) is 13.4. The van der Waals surface area contributed by atoms with Crippen LogP contribution >= 0.6 is 0 Å². The number of amides is 1. The van der Waals surface area contributed by atoms with Crippen molar-refractivity contribution in [2.24, 2.45) is 0 Å². The lowest BCUT2D eigenvalue weighted by molar-refractivity contribution is 0.0538. The molecule has 0 aliphatic heterocycles. The Labute approximate surface area is 210 Å². The van der Waals surface area contributed by atoms with Crippen LogP contribution in [0.4, 0.5) is 34.8 Å². The summed E-state index contributed by atoms with van der Waals surface area (Å²) in [4.78, 5) is 20.8. The summed E-state index contributed by atoms with van der Waals surface area (Å²) < 4.78 is 84.8. The van der Waals surface area contributed by atoms with E-state index in [1.165, 1.54) is 12.1 Å². The fourth-order valence-electron chi connectivity index (χ4n) is 3.77. The summed E-state index contributed by atoms with van der Waals surface area (Å²) in [6.45, 7) is 0. The Hall–Kier alpha value is -3.71. The predicted octanol–water partition coefficient (Wildman–Crippen LogP) is 4.51. The summed E-state index contributed by atoms with van der Waals surface area (Å²) in [6.07, 6.45) is 3.21. The number of hydroxylamine groups is 1. The number of carbonyl (C=O) groups excluding carboxylic acids is 1. The van der Waals surface area contributed by atoms with Crippen LogP contribution in [0, 0.1) is 23.3 Å². The molecule has 1 saturated carbocycles. The highest BCUT2D eigenvalue weighted by molar-refractivity contribution is 7.92. The number of nitrogens with one attached hydrogen (secondary N) is 3. The molecular formula is C24H22F4N4O4S. The van der Waals surface area contributed by atoms with Crippen molar-refractivity contribution < 1.29 is 35.6 Å². The molecule has 1 aromatic heterocycles. The second-order valence-corrected chi connectivity index (χ2v) is 10.3. The first-order valence-corrected chi connectivity index (χ1v) is 12.9. The first kappa shape index (κ1) is 26.4. The van der Waals surface area contributed by atoms with Gasteiger partial charge in [-0.25, -0.2) is 36.4 Å². The molecular weight excluding hydrogens is 516 g/mol. The third-order valence-corrected chi connectivity index (χ3v) is 6.22. The largest absolute Gasteiger partial charge is 0.350 e. The van der Waals surface area contributed by atoms with Gasteiger partial charge in [0.1, 0.15) is 5.82 Å². The molecule has 0 atom stereocenters. The van der Waals surface area contributed by atoms with Gasteiger partial charge in [-0.3, -0.25) is 14.4 Å². The maximum Gasteiger partial charge on any atom is 0.277 e. The van der Waals surface area contributed by atoms with Crippen molar-refractivity contribution in [3.05, 3.63) is 82.1 Å². The SMILES string of the molecule is CONC(=O)c1cc(Cc2ccnc(NS(C)(=O)=O)c2F)c(F)c(F)c1Nc1ccc(C2CC2)cc1F. The molecule has 196 valence electrons. The van der Waals surface area contributed by atoms with E-state index in [0.717, 1.165) is 50.1 Å². The molecule has 0 radical (unpaired) electrons. The molecule has 3 aromatic rings. The minimum Gasteiger partial charge on any atom is -0.350 e. The van der Waals surface area contributed by atoms with Crippen LogP contribution in [0.15, 0.2) is 36.5 Å². The van der Waals surface area contributed by atoms with Crippen molar-refractivity contribution in [2.75, 3.05) is 23.4 Å². The van der Waals surface area contributed by atoms with Crippen molar-refractivity contribution in [3.63, 3.8) is 0 Å². The van der Waals surface area contributed by atoms with Crippen LogP contribution in [0.1, 0.15) is 45.8 Å². The number of halogens is 4. The zero-order valence-corrected chi connectivity index (χ0v) is 20.5. The number of pyridine rings is 1. The third kappa shape index (κ3) is 6.00. The van der Waals surface area contributed by atoms with Gasteiger partial charge in [0, 0.05) is 12.6 Å². The highest BCUT2D eigenvalue weighted by atomic mass is 32.2. The standard InChI is InChI=1S/C24H22F4N4O4S/c1-36-31-24(33)16-10-15(9-14-7-8-29-23(20(14)27)32-37(2,34)35)19(26)21(28)22(16)30-18-6-5-13(11-17(18)25)12-3-4-12/h5-8,10-12,30H,3-4,9H2,1-2H3,(H,29,32)(H,31,33). The Morgan fingerprint density at radius 1 is 1.05 bits per heavy atom. The lowest BCUT2D eigenvalue weighted by atomic mass is 9.99. The molecule has 8 nitrogen and oxygen atoms in total. The van der Waals surface area contributed by atoms with Crippen molar-refractivity contribution in [3.8, 4) is 0 Å². The van der Waals surface area contributed by atoms with Gasteiger partial charge in [0.15, 0.2) is 23.3 Å². The minimum atomic E-state index is -3.86. The summed E-state index contributed by atoms with van der Waals surface area (Å²) in [5, 5.41) is 2.45. The van der Waals surface area contributed by atoms with E-state index in [0.29, 0.717) is 0 Å². The van der Waals surface area contributed by atoms with E-state index in [4.69, 9.17) is 0 Å². The van der Waals surface area contributed by atoms with Crippen molar-refractivity contribution >= 4 is 33.1 Å². The van der Waals surface area contributed by atoms with Gasteiger partial charge in [-0.2, -0.15) is 0 Å². The molecule has 13 heteroatoms. The summed E-state index contributed by atoms with van der Waals surface area (Å²) in [5.74, 6) is -6.07. The number of hydrogen-bond donors (Lipinski definition) is 3. The fraction of sp³-hybridized carbons (Fsp3) is 0.250. The molecule has 1 aliphatic rings. The number of aromatic nitrogens is 1. The quantitative estimate of drug-likeness (QED) is 0.273. The minimum absolute atomic E-state index is 0.182. The molecule has 1 aliphatic carbocycles. The fourth-order valence-corrected chi connectivity index (χ4v) is 4.26. The van der Waals surface area contributed by atoms with Gasteiger partial charge in [0.05, 0.1) is 30.3 Å². The van der Waals surface area contributed by atoms with Gasteiger partial charge in [0.2, 0.25) is 10.0 Å². The summed E-state index contributed by atoms with van der Waals surface area (Å²) in [6, 6.07) is 6.45. The highest BCUT2D eigenvalue weighted by Crippen LogP contribution is 2.41. The van der Waals surface area contributed by atoms with Crippen molar-refractivity contribution in [1.82, 2.24) is 10.5 Å². The van der Waals surface area contributed by atoms with E-state index in [-0.39, 0.29) is 17.2 Å². The van der Waals surface area contributed by atoms with Gasteiger partial charge in [0.25, 0.3) is 5.91 Å². The smallest absolute Gasteiger partial charge is 0.277 e. The molecule has 0 saturated heterocycles. The predicted molar refractivity (Wildman–Crippen MR) is 128 cm³/mol. The van der Waals surface area contributed by atoms with E-state index in [1.54, 1.807) is 6.07 Å². The molecule has 4 rings (SSSR count). The molecule has 0 unspecified atom stereocenters. The third-order valence-electron chi connectivity index (χ3n) is 5.66. The van der Waals surface area contributed by atoms with E-state index in [1.807, 2.05) is 10.2 Å². The molecule has 37 heavy (non-hydrogen) atoms. The lowest BCUT2D eigenvalue weighted by Crippen LogP contribution is -2.24. The van der Waals surface area contributed by atoms with Crippen LogP contribution in [-0.2, 0) is 21.3 Å². The Bertz CT molecular complexity index is 1480. The van der Waals surface area contributed by atoms with E-state index >= 15 is 8.78 Å². The monoisotopic (exact) mass is 538 g/mol. The number of nitrogens with zero attached hydrogens (tertiary/aromatic N) is 1. The number of hydrogen-bond acceptors (Lipinski definition) is 6. The van der Waals surface area contributed by atoms with E-state index in [2.05, 4.69) is 15.1 Å². The zero-order chi connectivity index (χ0) is 26.9. The van der Waals surface area contributed by atoms with Crippen molar-refractivity contribution in [2.45, 2.75) is 25.2 Å². The van der Waals surface area contributed by atoms with Crippen LogP contribution in [0.25, 0.3) is 0 Å². The molecule has 1 heterocycles. The Kier molecular flexibility index (Phi) is 7.37. The maximum absolute atomic E-state index is 15.3. The zero-order valence-electron chi connectivity index (χ0n) is 19.7. The second kappa shape index (κ2) is 10.3. The number of anilines is 3. The van der Waals surface area contributed by atoms with Crippen molar-refractivity contribution in [1.29, 1.82) is 0 Å². The number of carbonyl (C=O) groups is 1. The maximum atomic E-state index is 15.3. The number of sulfonamides is 1. The molecule has 2 aromatic carbocycles. The van der Waals surface area contributed by atoms with E-state index < -0.39 is 68.3 Å². The van der Waals surface area contributed by atoms with Gasteiger partial charge in [-0.05, 0) is 59.7 Å². The molecule has 0 bridgehead atoms. The van der Waals surface area contributed by atoms with Gasteiger partial charge >= 0.3 is 0 Å². The van der Waals surface area contributed by atoms with Gasteiger partial charge < -0.3 is 5.32 Å². The Morgan fingerprint density at radius 2 is 1.78 bits per heavy atom.